The first-order valence-corrected chi connectivity index (χ1v) is 10.1. The molecule has 7 nitrogen and oxygen atoms in total. The average Bonchev–Trinajstić information content (AvgIpc) is 2.71. The highest BCUT2D eigenvalue weighted by Crippen LogP contribution is 2.20. The van der Waals surface area contributed by atoms with Crippen LogP contribution < -0.4 is 10.6 Å². The van der Waals surface area contributed by atoms with E-state index in [1.54, 1.807) is 24.3 Å². The quantitative estimate of drug-likeness (QED) is 0.536. The lowest BCUT2D eigenvalue weighted by atomic mass is 10.1. The molecule has 1 aromatic rings. The van der Waals surface area contributed by atoms with E-state index in [-0.39, 0.29) is 29.8 Å². The Morgan fingerprint density at radius 1 is 1.11 bits per heavy atom. The third-order valence-corrected chi connectivity index (χ3v) is 4.53. The maximum Gasteiger partial charge on any atom is 0.306 e. The summed E-state index contributed by atoms with van der Waals surface area (Å²) in [5, 5.41) is 5.54. The number of hydrogen-bond donors (Lipinski definition) is 2. The second-order valence-corrected chi connectivity index (χ2v) is 7.03. The van der Waals surface area contributed by atoms with Crippen molar-refractivity contribution in [3.05, 3.63) is 29.8 Å². The topological polar surface area (TPSA) is 87.7 Å². The number of esters is 1. The van der Waals surface area contributed by atoms with Crippen LogP contribution in [-0.2, 0) is 14.3 Å². The Kier molecular flexibility index (Phi) is 8.87. The van der Waals surface area contributed by atoms with Crippen molar-refractivity contribution in [2.45, 2.75) is 45.4 Å². The number of hydrogen-bond acceptors (Lipinski definition) is 5. The second kappa shape index (κ2) is 11.4. The van der Waals surface area contributed by atoms with Gasteiger partial charge in [0.25, 0.3) is 5.91 Å². The van der Waals surface area contributed by atoms with Gasteiger partial charge in [0.05, 0.1) is 24.3 Å². The van der Waals surface area contributed by atoms with Crippen molar-refractivity contribution in [2.24, 2.45) is 0 Å². The van der Waals surface area contributed by atoms with Gasteiger partial charge in [-0.05, 0) is 50.0 Å². The smallest absolute Gasteiger partial charge is 0.306 e. The normalized spacial score (nSPS) is 13.5. The van der Waals surface area contributed by atoms with Crippen molar-refractivity contribution >= 4 is 40.8 Å². The van der Waals surface area contributed by atoms with Gasteiger partial charge >= 0.3 is 5.97 Å². The summed E-state index contributed by atoms with van der Waals surface area (Å²) in [5.41, 5.74) is 1.06. The molecule has 1 aromatic carbocycles. The Labute approximate surface area is 170 Å². The standard InChI is InChI=1S/C20H27N3O4S/c1-2-14-27-18(25)11-10-17(24)22-20(28)21-16-9-5-4-8-15(16)19(26)23-12-6-3-7-13-23/h4-5,8-9H,2-3,6-7,10-14H2,1H3,(H2,21,22,24,28). The minimum Gasteiger partial charge on any atom is -0.466 e. The predicted molar refractivity (Wildman–Crippen MR) is 111 cm³/mol. The highest BCUT2D eigenvalue weighted by atomic mass is 32.1. The van der Waals surface area contributed by atoms with Crippen LogP contribution in [-0.4, -0.2) is 47.5 Å². The van der Waals surface area contributed by atoms with E-state index in [0.717, 1.165) is 38.8 Å². The molecule has 0 radical (unpaired) electrons. The number of likely N-dealkylation sites (tertiary alicyclic amines) is 1. The summed E-state index contributed by atoms with van der Waals surface area (Å²) in [6, 6.07) is 7.08. The van der Waals surface area contributed by atoms with Crippen LogP contribution in [0.15, 0.2) is 24.3 Å². The van der Waals surface area contributed by atoms with Crippen LogP contribution in [0.3, 0.4) is 0 Å². The van der Waals surface area contributed by atoms with Gasteiger partial charge in [0.15, 0.2) is 5.11 Å². The molecule has 0 atom stereocenters. The van der Waals surface area contributed by atoms with Gasteiger partial charge in [0, 0.05) is 19.5 Å². The van der Waals surface area contributed by atoms with Gasteiger partial charge in [0.2, 0.25) is 5.91 Å². The number of amides is 2. The SMILES string of the molecule is CCCOC(=O)CCC(=O)NC(=S)Nc1ccccc1C(=O)N1CCCCC1. The fourth-order valence-electron chi connectivity index (χ4n) is 2.89. The largest absolute Gasteiger partial charge is 0.466 e. The summed E-state index contributed by atoms with van der Waals surface area (Å²) in [6.45, 7) is 3.76. The predicted octanol–water partition coefficient (Wildman–Crippen LogP) is 2.86. The van der Waals surface area contributed by atoms with Gasteiger partial charge in [-0.2, -0.15) is 0 Å². The molecule has 1 heterocycles. The average molecular weight is 406 g/mol. The Morgan fingerprint density at radius 3 is 2.54 bits per heavy atom. The lowest BCUT2D eigenvalue weighted by Gasteiger charge is -2.27. The zero-order valence-corrected chi connectivity index (χ0v) is 17.0. The first-order valence-electron chi connectivity index (χ1n) is 9.66. The molecule has 2 amide bonds. The third-order valence-electron chi connectivity index (χ3n) is 4.33. The van der Waals surface area contributed by atoms with Crippen molar-refractivity contribution in [1.29, 1.82) is 0 Å². The van der Waals surface area contributed by atoms with Crippen LogP contribution in [0.1, 0.15) is 55.8 Å². The highest BCUT2D eigenvalue weighted by molar-refractivity contribution is 7.80. The number of nitrogens with zero attached hydrogens (tertiary/aromatic N) is 1. The van der Waals surface area contributed by atoms with Crippen molar-refractivity contribution < 1.29 is 19.1 Å². The molecular weight excluding hydrogens is 378 g/mol. The molecule has 0 aliphatic carbocycles. The van der Waals surface area contributed by atoms with E-state index in [1.807, 2.05) is 11.8 Å². The fourth-order valence-corrected chi connectivity index (χ4v) is 3.12. The number of carbonyl (C=O) groups is 3. The summed E-state index contributed by atoms with van der Waals surface area (Å²) in [4.78, 5) is 38.1. The van der Waals surface area contributed by atoms with E-state index < -0.39 is 5.97 Å². The maximum absolute atomic E-state index is 12.8. The van der Waals surface area contributed by atoms with E-state index >= 15 is 0 Å². The summed E-state index contributed by atoms with van der Waals surface area (Å²) < 4.78 is 4.93. The van der Waals surface area contributed by atoms with Gasteiger partial charge in [-0.15, -0.1) is 0 Å². The molecule has 0 saturated carbocycles. The maximum atomic E-state index is 12.8. The number of anilines is 1. The molecule has 2 rings (SSSR count). The van der Waals surface area contributed by atoms with E-state index in [1.165, 1.54) is 0 Å². The van der Waals surface area contributed by atoms with Crippen LogP contribution in [0.4, 0.5) is 5.69 Å². The summed E-state index contributed by atoms with van der Waals surface area (Å²) >= 11 is 5.18. The van der Waals surface area contributed by atoms with Crippen molar-refractivity contribution in [3.63, 3.8) is 0 Å². The molecule has 2 N–H and O–H groups in total. The lowest BCUT2D eigenvalue weighted by Crippen LogP contribution is -2.37. The van der Waals surface area contributed by atoms with Crippen LogP contribution >= 0.6 is 12.2 Å². The molecule has 152 valence electrons. The first kappa shape index (κ1) is 21.8. The molecule has 1 fully saturated rings. The van der Waals surface area contributed by atoms with Gasteiger partial charge in [-0.25, -0.2) is 0 Å². The van der Waals surface area contributed by atoms with E-state index in [2.05, 4.69) is 10.6 Å². The summed E-state index contributed by atoms with van der Waals surface area (Å²) in [6.07, 6.45) is 3.89. The van der Waals surface area contributed by atoms with E-state index in [4.69, 9.17) is 17.0 Å². The van der Waals surface area contributed by atoms with Crippen molar-refractivity contribution in [1.82, 2.24) is 10.2 Å². The Bertz CT molecular complexity index is 717. The van der Waals surface area contributed by atoms with Gasteiger partial charge in [0.1, 0.15) is 0 Å². The summed E-state index contributed by atoms with van der Waals surface area (Å²) in [5.74, 6) is -0.838. The fraction of sp³-hybridized carbons (Fsp3) is 0.500. The molecule has 1 saturated heterocycles. The van der Waals surface area contributed by atoms with E-state index in [0.29, 0.717) is 17.9 Å². The monoisotopic (exact) mass is 405 g/mol. The number of rotatable bonds is 7. The van der Waals surface area contributed by atoms with Gasteiger partial charge in [-0.3, -0.25) is 14.4 Å². The highest BCUT2D eigenvalue weighted by Gasteiger charge is 2.21. The Balaban J connectivity index is 1.88. The van der Waals surface area contributed by atoms with Gasteiger partial charge < -0.3 is 20.3 Å². The molecular formula is C20H27N3O4S. The van der Waals surface area contributed by atoms with Crippen molar-refractivity contribution in [3.8, 4) is 0 Å². The third kappa shape index (κ3) is 6.92. The molecule has 0 bridgehead atoms. The number of piperidine rings is 1. The zero-order valence-electron chi connectivity index (χ0n) is 16.2. The molecule has 0 aromatic heterocycles. The lowest BCUT2D eigenvalue weighted by molar-refractivity contribution is -0.144. The Hall–Kier alpha value is -2.48. The van der Waals surface area contributed by atoms with Crippen LogP contribution in [0.2, 0.25) is 0 Å². The van der Waals surface area contributed by atoms with Crippen LogP contribution in [0, 0.1) is 0 Å². The summed E-state index contributed by atoms with van der Waals surface area (Å²) in [7, 11) is 0. The molecule has 1 aliphatic heterocycles. The zero-order chi connectivity index (χ0) is 20.4. The van der Waals surface area contributed by atoms with Crippen LogP contribution in [0.5, 0.6) is 0 Å². The van der Waals surface area contributed by atoms with Crippen LogP contribution in [0.25, 0.3) is 0 Å². The van der Waals surface area contributed by atoms with Gasteiger partial charge in [-0.1, -0.05) is 19.1 Å². The van der Waals surface area contributed by atoms with E-state index in [9.17, 15) is 14.4 Å². The number of thiocarbonyl (C=S) groups is 1. The first-order chi connectivity index (χ1) is 13.5. The van der Waals surface area contributed by atoms with Crippen molar-refractivity contribution in [2.75, 3.05) is 25.0 Å². The number of nitrogens with one attached hydrogen (secondary N) is 2. The molecule has 8 heteroatoms. The number of carbonyl (C=O) groups excluding carboxylic acids is 3. The number of benzene rings is 1. The Morgan fingerprint density at radius 2 is 1.82 bits per heavy atom. The molecule has 0 spiro atoms. The minimum atomic E-state index is -0.409. The molecule has 28 heavy (non-hydrogen) atoms. The molecule has 0 unspecified atom stereocenters. The number of para-hydroxylation sites is 1. The number of ether oxygens (including phenoxy) is 1. The minimum absolute atomic E-state index is 0.00151. The molecule has 1 aliphatic rings. The second-order valence-electron chi connectivity index (χ2n) is 6.62.